The summed E-state index contributed by atoms with van der Waals surface area (Å²) in [6.45, 7) is 0.486. The van der Waals surface area contributed by atoms with Crippen molar-refractivity contribution in [1.82, 2.24) is 4.98 Å². The van der Waals surface area contributed by atoms with Crippen LogP contribution in [0.2, 0.25) is 0 Å². The van der Waals surface area contributed by atoms with Crippen LogP contribution in [-0.2, 0) is 0 Å². The maximum atomic E-state index is 10.7. The monoisotopic (exact) mass is 269 g/mol. The van der Waals surface area contributed by atoms with E-state index in [0.29, 0.717) is 23.1 Å². The van der Waals surface area contributed by atoms with Gasteiger partial charge in [-0.25, -0.2) is 0 Å². The molecule has 1 aromatic rings. The Morgan fingerprint density at radius 2 is 2.40 bits per heavy atom. The van der Waals surface area contributed by atoms with E-state index in [1.165, 1.54) is 12.4 Å². The Bertz CT molecular complexity index is 414. The molecule has 1 rings (SSSR count). The average molecular weight is 270 g/mol. The van der Waals surface area contributed by atoms with Crippen molar-refractivity contribution in [3.63, 3.8) is 0 Å². The molecule has 0 atom stereocenters. The SMILES string of the molecule is C#CCCNc1c(Br)cncc1[N+](=O)[O-]. The molecule has 0 amide bonds. The lowest BCUT2D eigenvalue weighted by atomic mass is 10.3. The van der Waals surface area contributed by atoms with Crippen LogP contribution in [0.3, 0.4) is 0 Å². The van der Waals surface area contributed by atoms with E-state index >= 15 is 0 Å². The first-order valence-electron chi connectivity index (χ1n) is 4.12. The van der Waals surface area contributed by atoms with Crippen LogP contribution in [0.25, 0.3) is 0 Å². The third-order valence-corrected chi connectivity index (χ3v) is 2.25. The molecular formula is C9H8BrN3O2. The minimum absolute atomic E-state index is 0.0682. The Labute approximate surface area is 95.2 Å². The van der Waals surface area contributed by atoms with Gasteiger partial charge in [0.25, 0.3) is 0 Å². The molecule has 0 unspecified atom stereocenters. The highest BCUT2D eigenvalue weighted by Gasteiger charge is 2.16. The van der Waals surface area contributed by atoms with Gasteiger partial charge in [0.2, 0.25) is 0 Å². The summed E-state index contributed by atoms with van der Waals surface area (Å²) in [7, 11) is 0. The first-order valence-corrected chi connectivity index (χ1v) is 4.91. The number of hydrogen-bond donors (Lipinski definition) is 1. The predicted molar refractivity (Wildman–Crippen MR) is 60.5 cm³/mol. The van der Waals surface area contributed by atoms with Crippen LogP contribution in [0.1, 0.15) is 6.42 Å². The maximum absolute atomic E-state index is 10.7. The smallest absolute Gasteiger partial charge is 0.311 e. The zero-order valence-electron chi connectivity index (χ0n) is 7.74. The molecule has 15 heavy (non-hydrogen) atoms. The number of nitrogens with zero attached hydrogens (tertiary/aromatic N) is 2. The van der Waals surface area contributed by atoms with Gasteiger partial charge in [-0.15, -0.1) is 12.3 Å². The van der Waals surface area contributed by atoms with E-state index in [1.807, 2.05) is 0 Å². The molecule has 0 radical (unpaired) electrons. The lowest BCUT2D eigenvalue weighted by Crippen LogP contribution is -2.04. The van der Waals surface area contributed by atoms with Gasteiger partial charge in [-0.05, 0) is 15.9 Å². The summed E-state index contributed by atoms with van der Waals surface area (Å²) in [6, 6.07) is 0. The van der Waals surface area contributed by atoms with E-state index in [4.69, 9.17) is 6.42 Å². The summed E-state index contributed by atoms with van der Waals surface area (Å²) in [5.41, 5.74) is 0.339. The fraction of sp³-hybridized carbons (Fsp3) is 0.222. The summed E-state index contributed by atoms with van der Waals surface area (Å²) >= 11 is 3.19. The average Bonchev–Trinajstić information content (AvgIpc) is 2.20. The molecule has 1 heterocycles. The number of hydrogen-bond acceptors (Lipinski definition) is 4. The molecule has 78 valence electrons. The van der Waals surface area contributed by atoms with Crippen LogP contribution < -0.4 is 5.32 Å². The number of nitro groups is 1. The summed E-state index contributed by atoms with van der Waals surface area (Å²) in [4.78, 5) is 13.9. The van der Waals surface area contributed by atoms with Gasteiger partial charge in [0, 0.05) is 19.2 Å². The summed E-state index contributed by atoms with van der Waals surface area (Å²) in [6.07, 6.45) is 8.28. The highest BCUT2D eigenvalue weighted by Crippen LogP contribution is 2.30. The number of halogens is 1. The lowest BCUT2D eigenvalue weighted by molar-refractivity contribution is -0.384. The Balaban J connectivity index is 2.93. The van der Waals surface area contributed by atoms with Gasteiger partial charge >= 0.3 is 5.69 Å². The zero-order chi connectivity index (χ0) is 11.3. The van der Waals surface area contributed by atoms with E-state index in [0.717, 1.165) is 0 Å². The van der Waals surface area contributed by atoms with Gasteiger partial charge < -0.3 is 5.32 Å². The van der Waals surface area contributed by atoms with E-state index in [-0.39, 0.29) is 5.69 Å². The van der Waals surface area contributed by atoms with Crippen molar-refractivity contribution in [2.75, 3.05) is 11.9 Å². The maximum Gasteiger partial charge on any atom is 0.311 e. The second-order valence-corrected chi connectivity index (χ2v) is 3.51. The third-order valence-electron chi connectivity index (χ3n) is 1.65. The zero-order valence-corrected chi connectivity index (χ0v) is 9.32. The number of terminal acetylenes is 1. The van der Waals surface area contributed by atoms with Crippen LogP contribution in [-0.4, -0.2) is 16.5 Å². The van der Waals surface area contributed by atoms with E-state index in [1.54, 1.807) is 0 Å². The molecule has 5 nitrogen and oxygen atoms in total. The highest BCUT2D eigenvalue weighted by atomic mass is 79.9. The predicted octanol–water partition coefficient (Wildman–Crippen LogP) is 2.19. The van der Waals surface area contributed by atoms with E-state index in [2.05, 4.69) is 32.2 Å². The fourth-order valence-corrected chi connectivity index (χ4v) is 1.46. The van der Waals surface area contributed by atoms with Crippen molar-refractivity contribution in [2.24, 2.45) is 0 Å². The quantitative estimate of drug-likeness (QED) is 0.394. The second-order valence-electron chi connectivity index (χ2n) is 2.65. The molecule has 0 saturated carbocycles. The molecule has 0 aromatic carbocycles. The number of pyridine rings is 1. The van der Waals surface area contributed by atoms with Gasteiger partial charge in [-0.2, -0.15) is 0 Å². The van der Waals surface area contributed by atoms with Gasteiger partial charge in [0.15, 0.2) is 0 Å². The molecule has 0 spiro atoms. The summed E-state index contributed by atoms with van der Waals surface area (Å²) < 4.78 is 0.550. The van der Waals surface area contributed by atoms with Crippen LogP contribution in [0.5, 0.6) is 0 Å². The first kappa shape index (κ1) is 11.5. The molecule has 1 N–H and O–H groups in total. The molecule has 0 saturated heterocycles. The molecule has 0 aliphatic heterocycles. The van der Waals surface area contributed by atoms with Crippen molar-refractivity contribution >= 4 is 27.3 Å². The third kappa shape index (κ3) is 2.92. The Hall–Kier alpha value is -1.61. The molecule has 0 aliphatic carbocycles. The Morgan fingerprint density at radius 1 is 1.67 bits per heavy atom. The molecule has 6 heteroatoms. The minimum Gasteiger partial charge on any atom is -0.378 e. The fourth-order valence-electron chi connectivity index (χ4n) is 0.998. The number of anilines is 1. The van der Waals surface area contributed by atoms with Crippen LogP contribution in [0, 0.1) is 22.5 Å². The largest absolute Gasteiger partial charge is 0.378 e. The first-order chi connectivity index (χ1) is 7.16. The van der Waals surface area contributed by atoms with Crippen LogP contribution in [0.15, 0.2) is 16.9 Å². The molecule has 1 aromatic heterocycles. The van der Waals surface area contributed by atoms with Gasteiger partial charge in [0.1, 0.15) is 11.9 Å². The van der Waals surface area contributed by atoms with E-state index < -0.39 is 4.92 Å². The lowest BCUT2D eigenvalue weighted by Gasteiger charge is -2.06. The topological polar surface area (TPSA) is 68.1 Å². The van der Waals surface area contributed by atoms with Gasteiger partial charge in [0.05, 0.1) is 9.40 Å². The summed E-state index contributed by atoms with van der Waals surface area (Å²) in [5.74, 6) is 2.44. The van der Waals surface area contributed by atoms with Crippen LogP contribution >= 0.6 is 15.9 Å². The standard InChI is InChI=1S/C9H8BrN3O2/c1-2-3-4-12-9-7(10)5-11-6-8(9)13(14)15/h1,5-6H,3-4H2,(H,11,12). The second kappa shape index (κ2) is 5.32. The highest BCUT2D eigenvalue weighted by molar-refractivity contribution is 9.10. The molecule has 0 bridgehead atoms. The Kier molecular flexibility index (Phi) is 4.06. The molecule has 0 fully saturated rings. The number of rotatable bonds is 4. The minimum atomic E-state index is -0.490. The normalized spacial score (nSPS) is 9.33. The van der Waals surface area contributed by atoms with Crippen molar-refractivity contribution < 1.29 is 4.92 Å². The summed E-state index contributed by atoms with van der Waals surface area (Å²) in [5, 5.41) is 13.6. The Morgan fingerprint density at radius 3 is 3.00 bits per heavy atom. The molecular weight excluding hydrogens is 262 g/mol. The van der Waals surface area contributed by atoms with E-state index in [9.17, 15) is 10.1 Å². The van der Waals surface area contributed by atoms with Crippen molar-refractivity contribution in [3.8, 4) is 12.3 Å². The van der Waals surface area contributed by atoms with Gasteiger partial charge in [-0.1, -0.05) is 0 Å². The van der Waals surface area contributed by atoms with Crippen molar-refractivity contribution in [2.45, 2.75) is 6.42 Å². The van der Waals surface area contributed by atoms with Crippen LogP contribution in [0.4, 0.5) is 11.4 Å². The van der Waals surface area contributed by atoms with Gasteiger partial charge in [-0.3, -0.25) is 15.1 Å². The number of nitrogens with one attached hydrogen (secondary N) is 1. The van der Waals surface area contributed by atoms with Crippen molar-refractivity contribution in [1.29, 1.82) is 0 Å². The number of aromatic nitrogens is 1. The van der Waals surface area contributed by atoms with Crippen molar-refractivity contribution in [3.05, 3.63) is 27.0 Å². The molecule has 0 aliphatic rings.